The molecule has 1 aliphatic heterocycles. The van der Waals surface area contributed by atoms with Gasteiger partial charge in [-0.3, -0.25) is 4.90 Å². The van der Waals surface area contributed by atoms with Crippen molar-refractivity contribution in [3.8, 4) is 0 Å². The van der Waals surface area contributed by atoms with Gasteiger partial charge < -0.3 is 5.32 Å². The smallest absolute Gasteiger partial charge is 0.0110 e. The maximum absolute atomic E-state index is 3.59. The van der Waals surface area contributed by atoms with Gasteiger partial charge in [-0.15, -0.1) is 0 Å². The molecule has 16 heavy (non-hydrogen) atoms. The first-order valence-electron chi connectivity index (χ1n) is 7.12. The number of rotatable bonds is 1. The Morgan fingerprint density at radius 2 is 1.62 bits per heavy atom. The zero-order valence-electron chi connectivity index (χ0n) is 11.2. The van der Waals surface area contributed by atoms with Crippen molar-refractivity contribution in [3.05, 3.63) is 0 Å². The van der Waals surface area contributed by atoms with Crippen molar-refractivity contribution in [2.24, 2.45) is 11.8 Å². The van der Waals surface area contributed by atoms with Gasteiger partial charge in [-0.05, 0) is 51.0 Å². The zero-order chi connectivity index (χ0) is 11.5. The largest absolute Gasteiger partial charge is 0.313 e. The highest BCUT2D eigenvalue weighted by Crippen LogP contribution is 2.31. The Morgan fingerprint density at radius 1 is 0.938 bits per heavy atom. The van der Waals surface area contributed by atoms with Gasteiger partial charge in [0.05, 0.1) is 0 Å². The molecule has 0 spiro atoms. The molecule has 0 aromatic carbocycles. The molecule has 0 radical (unpaired) electrons. The second-order valence-corrected chi connectivity index (χ2v) is 6.25. The van der Waals surface area contributed by atoms with E-state index in [4.69, 9.17) is 0 Å². The molecule has 0 amide bonds. The molecule has 1 saturated carbocycles. The van der Waals surface area contributed by atoms with Crippen LogP contribution < -0.4 is 5.32 Å². The van der Waals surface area contributed by atoms with E-state index in [0.717, 1.165) is 17.9 Å². The molecule has 2 rings (SSSR count). The van der Waals surface area contributed by atoms with Gasteiger partial charge >= 0.3 is 0 Å². The minimum atomic E-state index is 0.712. The summed E-state index contributed by atoms with van der Waals surface area (Å²) in [6, 6.07) is 1.58. The third-order valence-electron chi connectivity index (χ3n) is 4.41. The molecule has 2 aliphatic rings. The Kier molecular flexibility index (Phi) is 4.26. The van der Waals surface area contributed by atoms with Gasteiger partial charge in [0, 0.05) is 25.2 Å². The Hall–Kier alpha value is -0.0800. The Morgan fingerprint density at radius 3 is 2.31 bits per heavy atom. The molecule has 1 heterocycles. The first kappa shape index (κ1) is 12.4. The lowest BCUT2D eigenvalue weighted by molar-refractivity contribution is 0.115. The van der Waals surface area contributed by atoms with Crippen LogP contribution in [0.25, 0.3) is 0 Å². The van der Waals surface area contributed by atoms with Crippen molar-refractivity contribution in [1.29, 1.82) is 0 Å². The van der Waals surface area contributed by atoms with Crippen molar-refractivity contribution >= 4 is 0 Å². The molecule has 0 bridgehead atoms. The zero-order valence-corrected chi connectivity index (χ0v) is 11.2. The molecular formula is C14H28N2. The van der Waals surface area contributed by atoms with E-state index in [0.29, 0.717) is 6.04 Å². The van der Waals surface area contributed by atoms with Crippen LogP contribution in [0, 0.1) is 11.8 Å². The predicted molar refractivity (Wildman–Crippen MR) is 69.6 cm³/mol. The summed E-state index contributed by atoms with van der Waals surface area (Å²) in [7, 11) is 0. The van der Waals surface area contributed by atoms with Gasteiger partial charge in [0.25, 0.3) is 0 Å². The fourth-order valence-electron chi connectivity index (χ4n) is 3.60. The number of nitrogens with zero attached hydrogens (tertiary/aromatic N) is 1. The molecule has 94 valence electrons. The highest BCUT2D eigenvalue weighted by molar-refractivity contribution is 4.84. The standard InChI is InChI=1S/C14H28N2/c1-11-8-12(2)10-14(9-11)16-6-4-13(3)15-5-7-16/h11-15H,4-10H2,1-3H3. The average molecular weight is 224 g/mol. The summed E-state index contributed by atoms with van der Waals surface area (Å²) < 4.78 is 0. The SMILES string of the molecule is CC1CC(C)CC(N2CCNC(C)CC2)C1. The van der Waals surface area contributed by atoms with E-state index < -0.39 is 0 Å². The molecule has 0 aromatic heterocycles. The first-order chi connectivity index (χ1) is 7.65. The monoisotopic (exact) mass is 224 g/mol. The normalized spacial score (nSPS) is 42.9. The lowest BCUT2D eigenvalue weighted by atomic mass is 9.80. The van der Waals surface area contributed by atoms with E-state index in [9.17, 15) is 0 Å². The van der Waals surface area contributed by atoms with Crippen LogP contribution in [0.1, 0.15) is 46.5 Å². The van der Waals surface area contributed by atoms with Crippen LogP contribution in [0.3, 0.4) is 0 Å². The summed E-state index contributed by atoms with van der Waals surface area (Å²) in [5.74, 6) is 1.87. The van der Waals surface area contributed by atoms with Crippen LogP contribution in [0.4, 0.5) is 0 Å². The highest BCUT2D eigenvalue weighted by atomic mass is 15.2. The van der Waals surface area contributed by atoms with Crippen molar-refractivity contribution in [2.45, 2.75) is 58.5 Å². The average Bonchev–Trinajstić information content (AvgIpc) is 2.41. The second-order valence-electron chi connectivity index (χ2n) is 6.25. The first-order valence-corrected chi connectivity index (χ1v) is 7.12. The van der Waals surface area contributed by atoms with Gasteiger partial charge in [-0.1, -0.05) is 13.8 Å². The van der Waals surface area contributed by atoms with Gasteiger partial charge in [0.15, 0.2) is 0 Å². The lowest BCUT2D eigenvalue weighted by Crippen LogP contribution is -2.42. The molecule has 3 atom stereocenters. The van der Waals surface area contributed by atoms with Crippen LogP contribution in [-0.4, -0.2) is 36.6 Å². The van der Waals surface area contributed by atoms with Crippen molar-refractivity contribution in [1.82, 2.24) is 10.2 Å². The quantitative estimate of drug-likeness (QED) is 0.736. The van der Waals surface area contributed by atoms with Crippen LogP contribution in [-0.2, 0) is 0 Å². The summed E-state index contributed by atoms with van der Waals surface area (Å²) in [5.41, 5.74) is 0. The maximum atomic E-state index is 3.59. The van der Waals surface area contributed by atoms with E-state index in [1.165, 1.54) is 45.3 Å². The van der Waals surface area contributed by atoms with Crippen molar-refractivity contribution in [3.63, 3.8) is 0 Å². The number of hydrogen-bond acceptors (Lipinski definition) is 2. The number of hydrogen-bond donors (Lipinski definition) is 1. The van der Waals surface area contributed by atoms with Gasteiger partial charge in [0.1, 0.15) is 0 Å². The highest BCUT2D eigenvalue weighted by Gasteiger charge is 2.29. The fourth-order valence-corrected chi connectivity index (χ4v) is 3.60. The third-order valence-corrected chi connectivity index (χ3v) is 4.41. The summed E-state index contributed by atoms with van der Waals surface area (Å²) in [6.07, 6.45) is 5.62. The Balaban J connectivity index is 1.90. The molecule has 1 saturated heterocycles. The van der Waals surface area contributed by atoms with E-state index in [1.807, 2.05) is 0 Å². The number of nitrogens with one attached hydrogen (secondary N) is 1. The van der Waals surface area contributed by atoms with E-state index in [1.54, 1.807) is 0 Å². The van der Waals surface area contributed by atoms with Crippen LogP contribution in [0.5, 0.6) is 0 Å². The van der Waals surface area contributed by atoms with Crippen molar-refractivity contribution < 1.29 is 0 Å². The van der Waals surface area contributed by atoms with Crippen LogP contribution >= 0.6 is 0 Å². The third kappa shape index (κ3) is 3.21. The van der Waals surface area contributed by atoms with E-state index >= 15 is 0 Å². The molecule has 2 heteroatoms. The van der Waals surface area contributed by atoms with Crippen molar-refractivity contribution in [2.75, 3.05) is 19.6 Å². The van der Waals surface area contributed by atoms with Crippen LogP contribution in [0.15, 0.2) is 0 Å². The minimum absolute atomic E-state index is 0.712. The molecule has 3 unspecified atom stereocenters. The van der Waals surface area contributed by atoms with Gasteiger partial charge in [-0.2, -0.15) is 0 Å². The minimum Gasteiger partial charge on any atom is -0.313 e. The Labute approximate surface area is 101 Å². The second kappa shape index (κ2) is 5.50. The molecule has 1 N–H and O–H groups in total. The van der Waals surface area contributed by atoms with E-state index in [2.05, 4.69) is 31.0 Å². The van der Waals surface area contributed by atoms with Crippen LogP contribution in [0.2, 0.25) is 0 Å². The summed E-state index contributed by atoms with van der Waals surface area (Å²) >= 11 is 0. The fraction of sp³-hybridized carbons (Fsp3) is 1.00. The summed E-state index contributed by atoms with van der Waals surface area (Å²) in [5, 5.41) is 3.59. The lowest BCUT2D eigenvalue weighted by Gasteiger charge is -2.38. The summed E-state index contributed by atoms with van der Waals surface area (Å²) in [4.78, 5) is 2.75. The van der Waals surface area contributed by atoms with E-state index in [-0.39, 0.29) is 0 Å². The molecule has 2 fully saturated rings. The maximum Gasteiger partial charge on any atom is 0.0110 e. The predicted octanol–water partition coefficient (Wildman–Crippen LogP) is 2.49. The molecule has 0 aromatic rings. The molecule has 1 aliphatic carbocycles. The Bertz CT molecular complexity index is 207. The summed E-state index contributed by atoms with van der Waals surface area (Å²) in [6.45, 7) is 10.9. The molecule has 2 nitrogen and oxygen atoms in total. The molecular weight excluding hydrogens is 196 g/mol. The topological polar surface area (TPSA) is 15.3 Å². The van der Waals surface area contributed by atoms with Gasteiger partial charge in [-0.25, -0.2) is 0 Å². The van der Waals surface area contributed by atoms with Gasteiger partial charge in [0.2, 0.25) is 0 Å².